The van der Waals surface area contributed by atoms with Crippen LogP contribution < -0.4 is 10.6 Å². The summed E-state index contributed by atoms with van der Waals surface area (Å²) < 4.78 is 0. The van der Waals surface area contributed by atoms with Crippen molar-refractivity contribution in [2.24, 2.45) is 5.92 Å². The fourth-order valence-corrected chi connectivity index (χ4v) is 1.32. The molecule has 0 aliphatic carbocycles. The summed E-state index contributed by atoms with van der Waals surface area (Å²) in [4.78, 5) is 0. The smallest absolute Gasteiger partial charge is 0.0107 e. The Kier molecular flexibility index (Phi) is 6.33. The first-order valence-electron chi connectivity index (χ1n) is 4.87. The Morgan fingerprint density at radius 2 is 2.00 bits per heavy atom. The maximum Gasteiger partial charge on any atom is 0.0107 e. The summed E-state index contributed by atoms with van der Waals surface area (Å²) in [6, 6.07) is 0. The van der Waals surface area contributed by atoms with Crippen molar-refractivity contribution in [3.05, 3.63) is 24.6 Å². The van der Waals surface area contributed by atoms with Gasteiger partial charge in [-0.25, -0.2) is 0 Å². The lowest BCUT2D eigenvalue weighted by molar-refractivity contribution is 0.506. The molecule has 2 heteroatoms. The lowest BCUT2D eigenvalue weighted by atomic mass is 9.99. The zero-order chi connectivity index (χ0) is 10.3. The minimum Gasteiger partial charge on any atom is -0.363 e. The molecular weight excluding hydrogens is 160 g/mol. The summed E-state index contributed by atoms with van der Waals surface area (Å²) in [5.41, 5.74) is 2.05. The van der Waals surface area contributed by atoms with Crippen molar-refractivity contribution >= 4 is 0 Å². The van der Waals surface area contributed by atoms with Crippen LogP contribution >= 0.6 is 0 Å². The molecule has 0 bridgehead atoms. The number of rotatable bonds is 7. The van der Waals surface area contributed by atoms with Crippen molar-refractivity contribution in [2.75, 3.05) is 13.6 Å². The van der Waals surface area contributed by atoms with E-state index in [4.69, 9.17) is 0 Å². The Morgan fingerprint density at radius 3 is 2.38 bits per heavy atom. The summed E-state index contributed by atoms with van der Waals surface area (Å²) in [5, 5.41) is 6.34. The third-order valence-electron chi connectivity index (χ3n) is 2.10. The summed E-state index contributed by atoms with van der Waals surface area (Å²) >= 11 is 0. The molecule has 0 spiro atoms. The third kappa shape index (κ3) is 5.47. The first kappa shape index (κ1) is 12.2. The standard InChI is InChI=1S/C11H22N2/c1-6-11(7-8-12-5)10(4)13-9(2)3/h11-13H,2,4,6-8H2,1,3,5H3. The molecule has 0 fully saturated rings. The molecular formula is C11H22N2. The number of hydrogen-bond donors (Lipinski definition) is 2. The normalized spacial score (nSPS) is 12.2. The molecule has 0 saturated carbocycles. The van der Waals surface area contributed by atoms with E-state index in [2.05, 4.69) is 30.7 Å². The van der Waals surface area contributed by atoms with Crippen molar-refractivity contribution in [1.29, 1.82) is 0 Å². The molecule has 2 N–H and O–H groups in total. The highest BCUT2D eigenvalue weighted by Crippen LogP contribution is 2.15. The molecule has 0 aromatic carbocycles. The summed E-state index contributed by atoms with van der Waals surface area (Å²) in [6.45, 7) is 13.0. The molecule has 0 aliphatic rings. The van der Waals surface area contributed by atoms with Crippen LogP contribution in [0.3, 0.4) is 0 Å². The van der Waals surface area contributed by atoms with Crippen LogP contribution in [0.5, 0.6) is 0 Å². The van der Waals surface area contributed by atoms with E-state index < -0.39 is 0 Å². The molecule has 0 amide bonds. The topological polar surface area (TPSA) is 24.1 Å². The Balaban J connectivity index is 3.91. The molecule has 0 aliphatic heterocycles. The van der Waals surface area contributed by atoms with E-state index >= 15 is 0 Å². The SMILES string of the molecule is C=C(C)NC(=C)C(CC)CCNC. The number of hydrogen-bond acceptors (Lipinski definition) is 2. The van der Waals surface area contributed by atoms with Crippen molar-refractivity contribution in [3.8, 4) is 0 Å². The third-order valence-corrected chi connectivity index (χ3v) is 2.10. The fraction of sp³-hybridized carbons (Fsp3) is 0.636. The van der Waals surface area contributed by atoms with E-state index in [1.54, 1.807) is 0 Å². The fourth-order valence-electron chi connectivity index (χ4n) is 1.32. The molecule has 1 unspecified atom stereocenters. The minimum absolute atomic E-state index is 0.546. The van der Waals surface area contributed by atoms with Gasteiger partial charge in [0.25, 0.3) is 0 Å². The lowest BCUT2D eigenvalue weighted by Crippen LogP contribution is -2.20. The van der Waals surface area contributed by atoms with Crippen LogP contribution in [-0.4, -0.2) is 13.6 Å². The summed E-state index contributed by atoms with van der Waals surface area (Å²) in [5.74, 6) is 0.546. The Morgan fingerprint density at radius 1 is 1.38 bits per heavy atom. The Labute approximate surface area is 82.1 Å². The van der Waals surface area contributed by atoms with Gasteiger partial charge in [-0.2, -0.15) is 0 Å². The molecule has 2 nitrogen and oxygen atoms in total. The van der Waals surface area contributed by atoms with Crippen LogP contribution in [0.15, 0.2) is 24.6 Å². The van der Waals surface area contributed by atoms with Crippen LogP contribution in [0.2, 0.25) is 0 Å². The van der Waals surface area contributed by atoms with Crippen LogP contribution in [-0.2, 0) is 0 Å². The number of nitrogens with one attached hydrogen (secondary N) is 2. The molecule has 0 radical (unpaired) electrons. The van der Waals surface area contributed by atoms with Gasteiger partial charge in [0.2, 0.25) is 0 Å². The van der Waals surface area contributed by atoms with Crippen LogP contribution in [0.4, 0.5) is 0 Å². The van der Waals surface area contributed by atoms with E-state index in [-0.39, 0.29) is 0 Å². The van der Waals surface area contributed by atoms with Gasteiger partial charge in [0.05, 0.1) is 0 Å². The molecule has 0 heterocycles. The highest BCUT2D eigenvalue weighted by Gasteiger charge is 2.09. The quantitative estimate of drug-likeness (QED) is 0.631. The van der Waals surface area contributed by atoms with Crippen LogP contribution in [0.25, 0.3) is 0 Å². The predicted molar refractivity (Wildman–Crippen MR) is 59.4 cm³/mol. The van der Waals surface area contributed by atoms with Gasteiger partial charge in [0, 0.05) is 11.4 Å². The average molecular weight is 182 g/mol. The second-order valence-electron chi connectivity index (χ2n) is 3.43. The lowest BCUT2D eigenvalue weighted by Gasteiger charge is -2.19. The van der Waals surface area contributed by atoms with Gasteiger partial charge in [-0.3, -0.25) is 0 Å². The van der Waals surface area contributed by atoms with Crippen molar-refractivity contribution in [2.45, 2.75) is 26.7 Å². The van der Waals surface area contributed by atoms with Gasteiger partial charge < -0.3 is 10.6 Å². The average Bonchev–Trinajstić information content (AvgIpc) is 2.04. The predicted octanol–water partition coefficient (Wildman–Crippen LogP) is 2.26. The van der Waals surface area contributed by atoms with Crippen molar-refractivity contribution in [3.63, 3.8) is 0 Å². The zero-order valence-electron chi connectivity index (χ0n) is 9.11. The van der Waals surface area contributed by atoms with E-state index in [1.165, 1.54) is 0 Å². The van der Waals surface area contributed by atoms with Crippen molar-refractivity contribution in [1.82, 2.24) is 10.6 Å². The largest absolute Gasteiger partial charge is 0.363 e. The molecule has 76 valence electrons. The second kappa shape index (κ2) is 6.72. The molecule has 0 aromatic rings. The maximum absolute atomic E-state index is 4.02. The molecule has 0 saturated heterocycles. The summed E-state index contributed by atoms with van der Waals surface area (Å²) in [7, 11) is 1.97. The van der Waals surface area contributed by atoms with Gasteiger partial charge in [-0.05, 0) is 39.3 Å². The second-order valence-corrected chi connectivity index (χ2v) is 3.43. The van der Waals surface area contributed by atoms with Gasteiger partial charge in [-0.15, -0.1) is 0 Å². The van der Waals surface area contributed by atoms with Gasteiger partial charge >= 0.3 is 0 Å². The van der Waals surface area contributed by atoms with E-state index in [0.29, 0.717) is 5.92 Å². The van der Waals surface area contributed by atoms with E-state index in [1.807, 2.05) is 14.0 Å². The van der Waals surface area contributed by atoms with Crippen molar-refractivity contribution < 1.29 is 0 Å². The van der Waals surface area contributed by atoms with Gasteiger partial charge in [0.1, 0.15) is 0 Å². The monoisotopic (exact) mass is 182 g/mol. The van der Waals surface area contributed by atoms with Crippen LogP contribution in [0, 0.1) is 5.92 Å². The molecule has 13 heavy (non-hydrogen) atoms. The molecule has 0 rings (SSSR count). The van der Waals surface area contributed by atoms with E-state index in [9.17, 15) is 0 Å². The zero-order valence-corrected chi connectivity index (χ0v) is 9.11. The highest BCUT2D eigenvalue weighted by molar-refractivity contribution is 5.05. The maximum atomic E-state index is 4.02. The highest BCUT2D eigenvalue weighted by atomic mass is 14.9. The number of allylic oxidation sites excluding steroid dienone is 2. The minimum atomic E-state index is 0.546. The van der Waals surface area contributed by atoms with E-state index in [0.717, 1.165) is 30.8 Å². The first-order valence-corrected chi connectivity index (χ1v) is 4.87. The van der Waals surface area contributed by atoms with Gasteiger partial charge in [0.15, 0.2) is 0 Å². The summed E-state index contributed by atoms with van der Waals surface area (Å²) in [6.07, 6.45) is 2.26. The molecule has 0 aromatic heterocycles. The van der Waals surface area contributed by atoms with Gasteiger partial charge in [-0.1, -0.05) is 20.1 Å². The Hall–Kier alpha value is -0.760. The first-order chi connectivity index (χ1) is 6.11. The van der Waals surface area contributed by atoms with Crippen LogP contribution in [0.1, 0.15) is 26.7 Å². The Bertz CT molecular complexity index is 173. The molecule has 1 atom stereocenters.